The van der Waals surface area contributed by atoms with Gasteiger partial charge in [-0.05, 0) is 88.5 Å². The number of hydrogen-bond acceptors (Lipinski definition) is 12. The molecule has 0 saturated heterocycles. The maximum Gasteiger partial charge on any atom is 0.407 e. The van der Waals surface area contributed by atoms with Crippen LogP contribution >= 0.6 is 0 Å². The topological polar surface area (TPSA) is 179 Å². The lowest BCUT2D eigenvalue weighted by Gasteiger charge is -2.63. The third kappa shape index (κ3) is 10.7. The minimum absolute atomic E-state index is 0.0215. The molecule has 326 valence electrons. The zero-order chi connectivity index (χ0) is 43.4. The first-order valence-electron chi connectivity index (χ1n) is 20.7. The molecular weight excluding hydrogens is 746 g/mol. The molecule has 1 aromatic carbocycles. The first kappa shape index (κ1) is 47.3. The van der Waals surface area contributed by atoms with Crippen molar-refractivity contribution in [1.29, 1.82) is 0 Å². The molecule has 0 heterocycles. The molecule has 2 saturated carbocycles. The van der Waals surface area contributed by atoms with Gasteiger partial charge in [0.25, 0.3) is 0 Å². The molecule has 11 atom stereocenters. The first-order chi connectivity index (χ1) is 27.0. The maximum atomic E-state index is 14.1. The quantitative estimate of drug-likeness (QED) is 0.0673. The van der Waals surface area contributed by atoms with Crippen molar-refractivity contribution < 1.29 is 58.1 Å². The summed E-state index contributed by atoms with van der Waals surface area (Å²) in [5.74, 6) is -2.08. The van der Waals surface area contributed by atoms with Gasteiger partial charge in [0.15, 0.2) is 12.4 Å². The number of carbonyl (C=O) groups is 3. The van der Waals surface area contributed by atoms with Crippen LogP contribution in [-0.4, -0.2) is 100 Å². The summed E-state index contributed by atoms with van der Waals surface area (Å²) in [6, 6.07) is 8.56. The second-order valence-corrected chi connectivity index (χ2v) is 18.5. The SMILES string of the molecule is C=CC(O)OC1CC(OCC)CC2C(OCc3ccccc3)C3(O)CC(OC(=O)C(O)C(CC(C)C)NC(=O)OC(C)(C)C)C(C)=C(C(OC(C)=O)CC12C)C3(C)C. The number of benzene rings is 1. The van der Waals surface area contributed by atoms with Crippen molar-refractivity contribution in [3.05, 3.63) is 59.7 Å². The second kappa shape index (κ2) is 18.9. The Kier molecular flexibility index (Phi) is 15.5. The Hall–Kier alpha value is -3.33. The Morgan fingerprint density at radius 3 is 2.22 bits per heavy atom. The molecule has 1 aromatic rings. The maximum absolute atomic E-state index is 14.1. The zero-order valence-corrected chi connectivity index (χ0v) is 36.4. The molecule has 58 heavy (non-hydrogen) atoms. The Bertz CT molecular complexity index is 1620. The minimum Gasteiger partial charge on any atom is -0.458 e. The molecular formula is C45H69NO12. The van der Waals surface area contributed by atoms with Crippen LogP contribution in [0.3, 0.4) is 0 Å². The number of carbonyl (C=O) groups excluding carboxylic acids is 3. The molecule has 3 aliphatic rings. The van der Waals surface area contributed by atoms with Crippen LogP contribution in [0.4, 0.5) is 4.79 Å². The Labute approximate surface area is 344 Å². The molecule has 1 amide bonds. The number of amides is 1. The van der Waals surface area contributed by atoms with E-state index in [-0.39, 0.29) is 37.9 Å². The van der Waals surface area contributed by atoms with Crippen molar-refractivity contribution in [2.45, 2.75) is 175 Å². The van der Waals surface area contributed by atoms with Crippen molar-refractivity contribution in [3.63, 3.8) is 0 Å². The molecule has 0 radical (unpaired) electrons. The average molecular weight is 816 g/mol. The normalized spacial score (nSPS) is 31.2. The van der Waals surface area contributed by atoms with E-state index in [2.05, 4.69) is 11.9 Å². The first-order valence-corrected chi connectivity index (χ1v) is 20.7. The van der Waals surface area contributed by atoms with Gasteiger partial charge in [0.05, 0.1) is 31.0 Å². The molecule has 11 unspecified atom stereocenters. The molecule has 0 aliphatic heterocycles. The standard InChI is InChI=1S/C45H69NO12/c1-13-36(48)57-35-22-30(53-14-2)21-31-39(54-25-29-18-16-15-17-19-29)45(52)24-33(27(5)37(43(45,10)11)34(55-28(6)47)23-44(31,35)12)56-40(50)38(49)32(20-26(3)4)46-41(51)58-42(7,8)9/h13,15-19,26,30-36,38-39,48-49,52H,1,14,20-25H2,2-12H3,(H,46,51). The summed E-state index contributed by atoms with van der Waals surface area (Å²) >= 11 is 0. The number of ether oxygens (including phenoxy) is 6. The van der Waals surface area contributed by atoms with Gasteiger partial charge in [0.1, 0.15) is 23.4 Å². The fraction of sp³-hybridized carbons (Fsp3) is 0.711. The number of alkyl carbamates (subject to hydrolysis) is 1. The summed E-state index contributed by atoms with van der Waals surface area (Å²) in [6.07, 6.45) is -5.36. The van der Waals surface area contributed by atoms with E-state index < -0.39 is 88.8 Å². The van der Waals surface area contributed by atoms with E-state index in [9.17, 15) is 29.7 Å². The third-order valence-electron chi connectivity index (χ3n) is 12.3. The predicted octanol–water partition coefficient (Wildman–Crippen LogP) is 6.31. The number of rotatable bonds is 15. The number of aliphatic hydroxyl groups is 3. The van der Waals surface area contributed by atoms with Gasteiger partial charge < -0.3 is 49.1 Å². The van der Waals surface area contributed by atoms with E-state index in [1.807, 2.05) is 71.9 Å². The fourth-order valence-corrected chi connectivity index (χ4v) is 9.56. The monoisotopic (exact) mass is 815 g/mol. The molecule has 3 aliphatic carbocycles. The lowest BCUT2D eigenvalue weighted by atomic mass is 9.48. The van der Waals surface area contributed by atoms with Gasteiger partial charge in [-0.1, -0.05) is 71.5 Å². The van der Waals surface area contributed by atoms with E-state index in [4.69, 9.17) is 28.4 Å². The Morgan fingerprint density at radius 1 is 1.00 bits per heavy atom. The van der Waals surface area contributed by atoms with Crippen LogP contribution in [-0.2, 0) is 44.6 Å². The van der Waals surface area contributed by atoms with Gasteiger partial charge in [-0.3, -0.25) is 4.79 Å². The van der Waals surface area contributed by atoms with Gasteiger partial charge in [0.2, 0.25) is 0 Å². The highest BCUT2D eigenvalue weighted by molar-refractivity contribution is 5.77. The molecule has 0 spiro atoms. The summed E-state index contributed by atoms with van der Waals surface area (Å²) in [5, 5.41) is 38.6. The van der Waals surface area contributed by atoms with Crippen LogP contribution in [0.1, 0.15) is 114 Å². The van der Waals surface area contributed by atoms with Crippen LogP contribution in [0.15, 0.2) is 54.1 Å². The third-order valence-corrected chi connectivity index (χ3v) is 12.3. The van der Waals surface area contributed by atoms with Crippen molar-refractivity contribution in [3.8, 4) is 0 Å². The van der Waals surface area contributed by atoms with Crippen molar-refractivity contribution in [2.24, 2.45) is 22.7 Å². The fourth-order valence-electron chi connectivity index (χ4n) is 9.56. The van der Waals surface area contributed by atoms with Gasteiger partial charge in [-0.2, -0.15) is 0 Å². The van der Waals surface area contributed by atoms with Gasteiger partial charge in [0, 0.05) is 37.2 Å². The molecule has 4 rings (SSSR count). The number of fused-ring (bicyclic) bond motifs is 3. The number of esters is 2. The van der Waals surface area contributed by atoms with Gasteiger partial charge in [-0.25, -0.2) is 9.59 Å². The summed E-state index contributed by atoms with van der Waals surface area (Å²) in [7, 11) is 0. The van der Waals surface area contributed by atoms with E-state index in [0.717, 1.165) is 5.56 Å². The van der Waals surface area contributed by atoms with E-state index in [1.54, 1.807) is 27.7 Å². The van der Waals surface area contributed by atoms with Crippen LogP contribution in [0.5, 0.6) is 0 Å². The van der Waals surface area contributed by atoms with Crippen molar-refractivity contribution in [1.82, 2.24) is 5.32 Å². The largest absolute Gasteiger partial charge is 0.458 e. The Morgan fingerprint density at radius 2 is 1.66 bits per heavy atom. The molecule has 0 aromatic heterocycles. The van der Waals surface area contributed by atoms with E-state index in [1.165, 1.54) is 13.0 Å². The summed E-state index contributed by atoms with van der Waals surface area (Å²) in [4.78, 5) is 39.9. The summed E-state index contributed by atoms with van der Waals surface area (Å²) in [6.45, 7) is 24.0. The van der Waals surface area contributed by atoms with Gasteiger partial charge >= 0.3 is 18.0 Å². The minimum atomic E-state index is -1.79. The highest BCUT2D eigenvalue weighted by atomic mass is 16.6. The number of hydrogen-bond donors (Lipinski definition) is 4. The molecule has 13 heteroatoms. The van der Waals surface area contributed by atoms with Crippen LogP contribution in [0.25, 0.3) is 0 Å². The van der Waals surface area contributed by atoms with Crippen molar-refractivity contribution >= 4 is 18.0 Å². The second-order valence-electron chi connectivity index (χ2n) is 18.5. The van der Waals surface area contributed by atoms with Gasteiger partial charge in [-0.15, -0.1) is 0 Å². The number of aliphatic hydroxyl groups excluding tert-OH is 2. The van der Waals surface area contributed by atoms with Crippen LogP contribution in [0.2, 0.25) is 0 Å². The molecule has 13 nitrogen and oxygen atoms in total. The predicted molar refractivity (Wildman–Crippen MR) is 217 cm³/mol. The molecule has 2 bridgehead atoms. The van der Waals surface area contributed by atoms with E-state index in [0.29, 0.717) is 30.6 Å². The zero-order valence-electron chi connectivity index (χ0n) is 36.4. The lowest BCUT2D eigenvalue weighted by molar-refractivity contribution is -0.267. The highest BCUT2D eigenvalue weighted by Gasteiger charge is 2.67. The molecule has 4 N–H and O–H groups in total. The molecule has 2 fully saturated rings. The smallest absolute Gasteiger partial charge is 0.407 e. The van der Waals surface area contributed by atoms with Crippen LogP contribution in [0, 0.1) is 22.7 Å². The van der Waals surface area contributed by atoms with Crippen molar-refractivity contribution in [2.75, 3.05) is 6.61 Å². The number of nitrogens with one attached hydrogen (secondary N) is 1. The highest BCUT2D eigenvalue weighted by Crippen LogP contribution is 2.62. The van der Waals surface area contributed by atoms with Crippen LogP contribution < -0.4 is 5.32 Å². The summed E-state index contributed by atoms with van der Waals surface area (Å²) in [5.41, 5.74) is -2.64. The average Bonchev–Trinajstić information content (AvgIpc) is 3.10. The van der Waals surface area contributed by atoms with E-state index >= 15 is 0 Å². The lowest BCUT2D eigenvalue weighted by Crippen LogP contribution is -2.69. The summed E-state index contributed by atoms with van der Waals surface area (Å²) < 4.78 is 37.3. The Balaban J connectivity index is 1.89.